The van der Waals surface area contributed by atoms with E-state index in [2.05, 4.69) is 19.1 Å². The van der Waals surface area contributed by atoms with Gasteiger partial charge in [0.2, 0.25) is 0 Å². The van der Waals surface area contributed by atoms with Crippen LogP contribution in [0.25, 0.3) is 0 Å². The second-order valence-electron chi connectivity index (χ2n) is 6.62. The van der Waals surface area contributed by atoms with Crippen LogP contribution in [0.15, 0.2) is 12.2 Å². The second-order valence-corrected chi connectivity index (χ2v) is 6.62. The molecule has 0 spiro atoms. The summed E-state index contributed by atoms with van der Waals surface area (Å²) in [5.41, 5.74) is 0. The molecule has 128 valence electrons. The molecule has 0 amide bonds. The maximum atomic E-state index is 11.4. The molecule has 0 N–H and O–H groups in total. The van der Waals surface area contributed by atoms with Gasteiger partial charge in [-0.25, -0.2) is 0 Å². The van der Waals surface area contributed by atoms with E-state index >= 15 is 0 Å². The van der Waals surface area contributed by atoms with Crippen molar-refractivity contribution in [3.8, 4) is 0 Å². The predicted molar refractivity (Wildman–Crippen MR) is 94.2 cm³/mol. The summed E-state index contributed by atoms with van der Waals surface area (Å²) >= 11 is 0. The summed E-state index contributed by atoms with van der Waals surface area (Å²) in [5, 5.41) is 0. The van der Waals surface area contributed by atoms with E-state index in [-0.39, 0.29) is 6.10 Å². The van der Waals surface area contributed by atoms with Gasteiger partial charge in [-0.05, 0) is 32.1 Å². The van der Waals surface area contributed by atoms with Crippen molar-refractivity contribution in [2.75, 3.05) is 6.61 Å². The third-order valence-electron chi connectivity index (χ3n) is 4.38. The Morgan fingerprint density at radius 3 is 1.91 bits per heavy atom. The predicted octanol–water partition coefficient (Wildman–Crippen LogP) is 5.99. The number of allylic oxidation sites excluding steroid dienone is 2. The topological polar surface area (TPSA) is 29.6 Å². The van der Waals surface area contributed by atoms with Gasteiger partial charge < -0.3 is 4.74 Å². The molecule has 0 aromatic rings. The zero-order chi connectivity index (χ0) is 15.9. The van der Waals surface area contributed by atoms with E-state index in [9.17, 15) is 4.79 Å². The lowest BCUT2D eigenvalue weighted by Gasteiger charge is -2.00. The molecule has 0 aromatic heterocycles. The highest BCUT2D eigenvalue weighted by Gasteiger charge is 2.29. The van der Waals surface area contributed by atoms with Crippen molar-refractivity contribution in [2.45, 2.75) is 103 Å². The molecule has 1 aliphatic rings. The first-order valence-corrected chi connectivity index (χ1v) is 9.64. The Labute approximate surface area is 137 Å². The monoisotopic (exact) mass is 308 g/mol. The number of ketones is 1. The normalized spacial score (nSPS) is 17.2. The Kier molecular flexibility index (Phi) is 12.4. The molecule has 1 rings (SSSR count). The smallest absolute Gasteiger partial charge is 0.163 e. The average molecular weight is 309 g/mol. The molecule has 1 aliphatic heterocycles. The Morgan fingerprint density at radius 2 is 1.36 bits per heavy atom. The molecular weight excluding hydrogens is 272 g/mol. The average Bonchev–Trinajstić information content (AvgIpc) is 3.36. The fourth-order valence-corrected chi connectivity index (χ4v) is 2.76. The van der Waals surface area contributed by atoms with E-state index in [0.717, 1.165) is 12.8 Å². The van der Waals surface area contributed by atoms with E-state index in [1.54, 1.807) is 0 Å². The summed E-state index contributed by atoms with van der Waals surface area (Å²) in [6.45, 7) is 2.94. The molecule has 1 saturated heterocycles. The molecule has 0 aromatic carbocycles. The summed E-state index contributed by atoms with van der Waals surface area (Å²) in [6.07, 6.45) is 22.3. The Bertz CT molecular complexity index is 292. The molecule has 2 nitrogen and oxygen atoms in total. The van der Waals surface area contributed by atoms with E-state index in [0.29, 0.717) is 12.4 Å². The van der Waals surface area contributed by atoms with Crippen LogP contribution in [-0.2, 0) is 9.53 Å². The number of rotatable bonds is 16. The van der Waals surface area contributed by atoms with Crippen LogP contribution in [0.5, 0.6) is 0 Å². The molecule has 0 aliphatic carbocycles. The Morgan fingerprint density at radius 1 is 0.864 bits per heavy atom. The number of unbranched alkanes of at least 4 members (excludes halogenated alkanes) is 11. The first-order valence-electron chi connectivity index (χ1n) is 9.64. The van der Waals surface area contributed by atoms with E-state index in [1.807, 2.05) is 0 Å². The van der Waals surface area contributed by atoms with Crippen molar-refractivity contribution in [3.05, 3.63) is 12.2 Å². The van der Waals surface area contributed by atoms with E-state index in [1.165, 1.54) is 77.0 Å². The van der Waals surface area contributed by atoms with Gasteiger partial charge >= 0.3 is 0 Å². The zero-order valence-corrected chi connectivity index (χ0v) is 14.7. The highest BCUT2D eigenvalue weighted by molar-refractivity contribution is 5.84. The molecule has 1 heterocycles. The molecule has 1 unspecified atom stereocenters. The highest BCUT2D eigenvalue weighted by Crippen LogP contribution is 2.15. The minimum absolute atomic E-state index is 0.0308. The van der Waals surface area contributed by atoms with Crippen molar-refractivity contribution in [2.24, 2.45) is 0 Å². The minimum atomic E-state index is -0.0308. The van der Waals surface area contributed by atoms with E-state index in [4.69, 9.17) is 4.74 Å². The fraction of sp³-hybridized carbons (Fsp3) is 0.850. The van der Waals surface area contributed by atoms with Crippen LogP contribution in [0.3, 0.4) is 0 Å². The summed E-state index contributed by atoms with van der Waals surface area (Å²) in [6, 6.07) is 0. The van der Waals surface area contributed by atoms with Gasteiger partial charge in [-0.1, -0.05) is 70.4 Å². The van der Waals surface area contributed by atoms with Crippen LogP contribution in [0.4, 0.5) is 0 Å². The number of epoxide rings is 1. The second kappa shape index (κ2) is 14.0. The maximum Gasteiger partial charge on any atom is 0.163 e. The van der Waals surface area contributed by atoms with Crippen LogP contribution in [0, 0.1) is 0 Å². The maximum absolute atomic E-state index is 11.4. The molecule has 0 bridgehead atoms. The number of hydrogen-bond acceptors (Lipinski definition) is 2. The number of carbonyl (C=O) groups excluding carboxylic acids is 1. The van der Waals surface area contributed by atoms with Gasteiger partial charge in [0.15, 0.2) is 5.78 Å². The van der Waals surface area contributed by atoms with Gasteiger partial charge in [-0.2, -0.15) is 0 Å². The van der Waals surface area contributed by atoms with Crippen LogP contribution in [0.1, 0.15) is 96.8 Å². The third kappa shape index (κ3) is 12.0. The number of ether oxygens (including phenoxy) is 1. The molecular formula is C20H36O2. The van der Waals surface area contributed by atoms with Crippen molar-refractivity contribution < 1.29 is 9.53 Å². The zero-order valence-electron chi connectivity index (χ0n) is 14.7. The highest BCUT2D eigenvalue weighted by atomic mass is 16.6. The summed E-state index contributed by atoms with van der Waals surface area (Å²) in [7, 11) is 0. The molecule has 0 radical (unpaired) electrons. The van der Waals surface area contributed by atoms with Crippen molar-refractivity contribution in [1.29, 1.82) is 0 Å². The number of carbonyl (C=O) groups is 1. The quantitative estimate of drug-likeness (QED) is 0.199. The molecule has 22 heavy (non-hydrogen) atoms. The van der Waals surface area contributed by atoms with Gasteiger partial charge in [0.1, 0.15) is 6.10 Å². The largest absolute Gasteiger partial charge is 0.365 e. The Balaban J connectivity index is 1.71. The van der Waals surface area contributed by atoms with Crippen molar-refractivity contribution in [3.63, 3.8) is 0 Å². The van der Waals surface area contributed by atoms with Crippen LogP contribution in [0.2, 0.25) is 0 Å². The lowest BCUT2D eigenvalue weighted by atomic mass is 10.1. The van der Waals surface area contributed by atoms with Gasteiger partial charge in [0.25, 0.3) is 0 Å². The minimum Gasteiger partial charge on any atom is -0.365 e. The summed E-state index contributed by atoms with van der Waals surface area (Å²) in [4.78, 5) is 11.4. The van der Waals surface area contributed by atoms with Crippen molar-refractivity contribution in [1.82, 2.24) is 0 Å². The summed E-state index contributed by atoms with van der Waals surface area (Å²) in [5.74, 6) is 0.317. The van der Waals surface area contributed by atoms with Gasteiger partial charge in [0.05, 0.1) is 6.61 Å². The molecule has 1 fully saturated rings. The Hall–Kier alpha value is -0.630. The molecule has 2 heteroatoms. The number of Topliss-reactive ketones (excluding diaryl/α,β-unsaturated/α-hetero) is 1. The first kappa shape index (κ1) is 19.4. The third-order valence-corrected chi connectivity index (χ3v) is 4.38. The van der Waals surface area contributed by atoms with Crippen molar-refractivity contribution >= 4 is 5.78 Å². The molecule has 0 saturated carbocycles. The van der Waals surface area contributed by atoms with Crippen LogP contribution < -0.4 is 0 Å². The molecule has 1 atom stereocenters. The lowest BCUT2D eigenvalue weighted by Crippen LogP contribution is -2.05. The van der Waals surface area contributed by atoms with Crippen LogP contribution >= 0.6 is 0 Å². The first-order chi connectivity index (χ1) is 10.8. The van der Waals surface area contributed by atoms with Crippen LogP contribution in [-0.4, -0.2) is 18.5 Å². The van der Waals surface area contributed by atoms with E-state index < -0.39 is 0 Å². The lowest BCUT2D eigenvalue weighted by molar-refractivity contribution is -0.120. The fourth-order valence-electron chi connectivity index (χ4n) is 2.76. The summed E-state index contributed by atoms with van der Waals surface area (Å²) < 4.78 is 4.99. The van der Waals surface area contributed by atoms with Gasteiger partial charge in [-0.3, -0.25) is 4.79 Å². The SMILES string of the molecule is CCCCCCCC/C=C\CCCCCCCC(=O)C1CO1. The standard InChI is InChI=1S/C20H36O2/c1-2-3-4-5-6-7-8-9-10-11-12-13-14-15-16-17-19(21)20-18-22-20/h9-10,20H,2-8,11-18H2,1H3/b10-9-. The van der Waals surface area contributed by atoms with Gasteiger partial charge in [-0.15, -0.1) is 0 Å². The number of hydrogen-bond donors (Lipinski definition) is 0. The van der Waals surface area contributed by atoms with Gasteiger partial charge in [0, 0.05) is 6.42 Å².